The predicted molar refractivity (Wildman–Crippen MR) is 198 cm³/mol. The van der Waals surface area contributed by atoms with Crippen LogP contribution in [-0.4, -0.2) is 0 Å². The Morgan fingerprint density at radius 3 is 1.67 bits per heavy atom. The van der Waals surface area contributed by atoms with Gasteiger partial charge in [-0.05, 0) is 100 Å². The summed E-state index contributed by atoms with van der Waals surface area (Å²) in [6.07, 6.45) is 0. The smallest absolute Gasteiger partial charge is 0.0433 e. The van der Waals surface area contributed by atoms with Crippen LogP contribution in [0.5, 0.6) is 0 Å². The molecule has 208 valence electrons. The van der Waals surface area contributed by atoms with E-state index in [0.29, 0.717) is 0 Å². The van der Waals surface area contributed by atoms with Gasteiger partial charge in [-0.15, -0.1) is 11.3 Å². The van der Waals surface area contributed by atoms with E-state index >= 15 is 0 Å². The zero-order valence-electron chi connectivity index (χ0n) is 24.4. The summed E-state index contributed by atoms with van der Waals surface area (Å²) in [7, 11) is 0. The highest BCUT2D eigenvalue weighted by Crippen LogP contribution is 2.41. The zero-order chi connectivity index (χ0) is 29.5. The summed E-state index contributed by atoms with van der Waals surface area (Å²) in [5, 5.41) is 15.6. The van der Waals surface area contributed by atoms with Crippen LogP contribution in [0.4, 0.5) is 0 Å². The number of hydrogen-bond acceptors (Lipinski definition) is 1. The van der Waals surface area contributed by atoms with E-state index in [1.807, 2.05) is 11.3 Å². The average molecular weight is 587 g/mol. The second kappa shape index (κ2) is 9.50. The Bertz CT molecular complexity index is 2820. The van der Waals surface area contributed by atoms with Gasteiger partial charge in [-0.3, -0.25) is 0 Å². The van der Waals surface area contributed by atoms with Gasteiger partial charge in [-0.1, -0.05) is 133 Å². The topological polar surface area (TPSA) is 0 Å². The van der Waals surface area contributed by atoms with Crippen LogP contribution >= 0.6 is 11.3 Å². The average Bonchev–Trinajstić information content (AvgIpc) is 3.49. The predicted octanol–water partition coefficient (Wildman–Crippen LogP) is 13.2. The summed E-state index contributed by atoms with van der Waals surface area (Å²) in [4.78, 5) is 0. The van der Waals surface area contributed by atoms with E-state index in [-0.39, 0.29) is 0 Å². The Morgan fingerprint density at radius 2 is 0.822 bits per heavy atom. The quantitative estimate of drug-likeness (QED) is 0.177. The van der Waals surface area contributed by atoms with E-state index in [1.165, 1.54) is 96.3 Å². The second-order valence-corrected chi connectivity index (χ2v) is 13.2. The van der Waals surface area contributed by atoms with E-state index < -0.39 is 0 Å². The molecule has 0 aliphatic rings. The van der Waals surface area contributed by atoms with Crippen LogP contribution in [0.25, 0.3) is 96.3 Å². The van der Waals surface area contributed by atoms with Crippen LogP contribution in [0.2, 0.25) is 0 Å². The highest BCUT2D eigenvalue weighted by Gasteiger charge is 2.12. The number of thiophene rings is 1. The first-order valence-corrected chi connectivity index (χ1v) is 16.3. The van der Waals surface area contributed by atoms with Crippen molar-refractivity contribution in [3.8, 4) is 22.3 Å². The fourth-order valence-corrected chi connectivity index (χ4v) is 8.63. The molecule has 0 atom stereocenters. The maximum atomic E-state index is 2.37. The molecule has 0 unspecified atom stereocenters. The van der Waals surface area contributed by atoms with Gasteiger partial charge in [0.05, 0.1) is 0 Å². The van der Waals surface area contributed by atoms with Crippen molar-refractivity contribution in [2.45, 2.75) is 0 Å². The standard InChI is InChI=1S/C44H26S/c1-2-7-34-27(6-1)16-23-39-38(34)22-17-28-12-13-30(26-42(28)39)29-18-20-35-31(24-29)14-15-32-25-33(19-21-36(32)35)37-9-5-10-41-40-8-3-4-11-43(40)45-44(37)41/h1-26H. The van der Waals surface area contributed by atoms with Gasteiger partial charge in [0.2, 0.25) is 0 Å². The maximum Gasteiger partial charge on any atom is 0.0433 e. The number of benzene rings is 9. The molecule has 0 aliphatic carbocycles. The van der Waals surface area contributed by atoms with Crippen molar-refractivity contribution in [1.82, 2.24) is 0 Å². The summed E-state index contributed by atoms with van der Waals surface area (Å²) in [5.41, 5.74) is 5.07. The molecule has 0 spiro atoms. The Morgan fingerprint density at radius 1 is 0.289 bits per heavy atom. The molecule has 0 bridgehead atoms. The normalized spacial score (nSPS) is 12.0. The number of fused-ring (bicyclic) bond motifs is 11. The van der Waals surface area contributed by atoms with Gasteiger partial charge < -0.3 is 0 Å². The lowest BCUT2D eigenvalue weighted by Gasteiger charge is -2.11. The van der Waals surface area contributed by atoms with Gasteiger partial charge in [-0.2, -0.15) is 0 Å². The molecule has 10 aromatic rings. The molecule has 1 heteroatoms. The van der Waals surface area contributed by atoms with Crippen molar-refractivity contribution in [3.05, 3.63) is 158 Å². The Hall–Kier alpha value is -5.50. The van der Waals surface area contributed by atoms with E-state index in [9.17, 15) is 0 Å². The molecule has 45 heavy (non-hydrogen) atoms. The fourth-order valence-electron chi connectivity index (χ4n) is 7.39. The van der Waals surface area contributed by atoms with Crippen molar-refractivity contribution in [2.24, 2.45) is 0 Å². The third-order valence-electron chi connectivity index (χ3n) is 9.63. The monoisotopic (exact) mass is 586 g/mol. The minimum Gasteiger partial charge on any atom is -0.135 e. The van der Waals surface area contributed by atoms with Gasteiger partial charge in [0.1, 0.15) is 0 Å². The van der Waals surface area contributed by atoms with Gasteiger partial charge in [0.15, 0.2) is 0 Å². The lowest BCUT2D eigenvalue weighted by molar-refractivity contribution is 1.69. The van der Waals surface area contributed by atoms with E-state index in [4.69, 9.17) is 0 Å². The highest BCUT2D eigenvalue weighted by atomic mass is 32.1. The van der Waals surface area contributed by atoms with Gasteiger partial charge >= 0.3 is 0 Å². The van der Waals surface area contributed by atoms with Crippen LogP contribution in [0.3, 0.4) is 0 Å². The van der Waals surface area contributed by atoms with Crippen LogP contribution in [-0.2, 0) is 0 Å². The molecular weight excluding hydrogens is 561 g/mol. The van der Waals surface area contributed by atoms with Crippen LogP contribution in [0.1, 0.15) is 0 Å². The third kappa shape index (κ3) is 3.78. The molecule has 0 amide bonds. The van der Waals surface area contributed by atoms with E-state index in [0.717, 1.165) is 0 Å². The third-order valence-corrected chi connectivity index (χ3v) is 10.8. The molecule has 0 nitrogen and oxygen atoms in total. The molecule has 0 radical (unpaired) electrons. The van der Waals surface area contributed by atoms with Crippen molar-refractivity contribution in [2.75, 3.05) is 0 Å². The summed E-state index contributed by atoms with van der Waals surface area (Å²) in [6, 6.07) is 58.6. The van der Waals surface area contributed by atoms with Crippen LogP contribution in [0, 0.1) is 0 Å². The SMILES string of the molecule is c1ccc2c(c1)ccc1c3cc(-c4ccc5c(ccc6cc(-c7cccc8c7sc7ccccc78)ccc65)c4)ccc3ccc21. The van der Waals surface area contributed by atoms with Crippen molar-refractivity contribution in [1.29, 1.82) is 0 Å². The first-order valence-electron chi connectivity index (χ1n) is 15.5. The lowest BCUT2D eigenvalue weighted by atomic mass is 9.93. The first kappa shape index (κ1) is 24.9. The van der Waals surface area contributed by atoms with Crippen LogP contribution in [0.15, 0.2) is 158 Å². The minimum atomic E-state index is 1.25. The summed E-state index contributed by atoms with van der Waals surface area (Å²) in [6.45, 7) is 0. The fraction of sp³-hybridized carbons (Fsp3) is 0. The summed E-state index contributed by atoms with van der Waals surface area (Å²) < 4.78 is 2.70. The highest BCUT2D eigenvalue weighted by molar-refractivity contribution is 7.26. The minimum absolute atomic E-state index is 1.25. The van der Waals surface area contributed by atoms with Crippen molar-refractivity contribution >= 4 is 85.4 Å². The molecular formula is C44H26S. The largest absolute Gasteiger partial charge is 0.135 e. The van der Waals surface area contributed by atoms with Crippen molar-refractivity contribution < 1.29 is 0 Å². The molecule has 0 N–H and O–H groups in total. The molecule has 0 aliphatic heterocycles. The molecule has 10 rings (SSSR count). The molecule has 1 heterocycles. The lowest BCUT2D eigenvalue weighted by Crippen LogP contribution is -1.85. The van der Waals surface area contributed by atoms with E-state index in [1.54, 1.807) is 0 Å². The van der Waals surface area contributed by atoms with Crippen LogP contribution < -0.4 is 0 Å². The molecule has 1 aromatic heterocycles. The van der Waals surface area contributed by atoms with Gasteiger partial charge in [0.25, 0.3) is 0 Å². The molecule has 0 saturated heterocycles. The van der Waals surface area contributed by atoms with Gasteiger partial charge in [0, 0.05) is 20.2 Å². The summed E-state index contributed by atoms with van der Waals surface area (Å²) in [5.74, 6) is 0. The Balaban J connectivity index is 1.08. The number of rotatable bonds is 2. The first-order chi connectivity index (χ1) is 22.3. The van der Waals surface area contributed by atoms with Gasteiger partial charge in [-0.25, -0.2) is 0 Å². The van der Waals surface area contributed by atoms with E-state index in [2.05, 4.69) is 158 Å². The maximum absolute atomic E-state index is 2.37. The Kier molecular flexibility index (Phi) is 5.25. The zero-order valence-corrected chi connectivity index (χ0v) is 25.2. The molecule has 0 saturated carbocycles. The summed E-state index contributed by atoms with van der Waals surface area (Å²) >= 11 is 1.89. The second-order valence-electron chi connectivity index (χ2n) is 12.1. The van der Waals surface area contributed by atoms with Crippen molar-refractivity contribution in [3.63, 3.8) is 0 Å². The Labute approximate surface area is 264 Å². The molecule has 9 aromatic carbocycles. The number of hydrogen-bond donors (Lipinski definition) is 0. The molecule has 0 fully saturated rings.